The number of fused-ring (bicyclic) bond motifs is 1. The van der Waals surface area contributed by atoms with Gasteiger partial charge in [-0.25, -0.2) is 0 Å². The van der Waals surface area contributed by atoms with Gasteiger partial charge in [-0.15, -0.1) is 0 Å². The fraction of sp³-hybridized carbons (Fsp3) is 0.538. The van der Waals surface area contributed by atoms with Crippen molar-refractivity contribution in [2.45, 2.75) is 26.3 Å². The molecule has 0 saturated heterocycles. The first-order valence-corrected chi connectivity index (χ1v) is 5.90. The molecule has 1 unspecified atom stereocenters. The Bertz CT molecular complexity index is 363. The first-order valence-electron chi connectivity index (χ1n) is 5.90. The van der Waals surface area contributed by atoms with Gasteiger partial charge in [-0.2, -0.15) is 0 Å². The highest BCUT2D eigenvalue weighted by Crippen LogP contribution is 2.32. The summed E-state index contributed by atoms with van der Waals surface area (Å²) in [6.45, 7) is 6.10. The molecule has 88 valence electrons. The predicted octanol–water partition coefficient (Wildman–Crippen LogP) is 1.82. The van der Waals surface area contributed by atoms with Crippen molar-refractivity contribution in [1.82, 2.24) is 5.32 Å². The van der Waals surface area contributed by atoms with Crippen LogP contribution in [0.1, 0.15) is 19.4 Å². The highest BCUT2D eigenvalue weighted by atomic mass is 16.5. The zero-order valence-electron chi connectivity index (χ0n) is 9.99. The number of hydrogen-bond donors (Lipinski definition) is 2. The van der Waals surface area contributed by atoms with Crippen LogP contribution in [-0.4, -0.2) is 19.2 Å². The predicted molar refractivity (Wildman–Crippen MR) is 66.7 cm³/mol. The lowest BCUT2D eigenvalue weighted by Gasteiger charge is -2.27. The number of nitrogens with two attached hydrogens (primary N) is 1. The lowest BCUT2D eigenvalue weighted by atomic mass is 9.96. The van der Waals surface area contributed by atoms with Crippen molar-refractivity contribution in [3.63, 3.8) is 0 Å². The molecule has 0 amide bonds. The molecule has 0 spiro atoms. The number of para-hydroxylation sites is 1. The van der Waals surface area contributed by atoms with E-state index in [2.05, 4.69) is 25.2 Å². The van der Waals surface area contributed by atoms with Gasteiger partial charge in [0.25, 0.3) is 0 Å². The highest BCUT2D eigenvalue weighted by molar-refractivity contribution is 5.57. The molecule has 1 aromatic carbocycles. The van der Waals surface area contributed by atoms with Crippen LogP contribution in [0.4, 0.5) is 5.69 Å². The fourth-order valence-electron chi connectivity index (χ4n) is 2.05. The molecule has 0 bridgehead atoms. The minimum Gasteiger partial charge on any atom is -0.491 e. The van der Waals surface area contributed by atoms with Crippen molar-refractivity contribution in [3.8, 4) is 5.75 Å². The molecule has 0 aliphatic carbocycles. The zero-order chi connectivity index (χ0) is 11.5. The molecule has 1 aliphatic heterocycles. The van der Waals surface area contributed by atoms with Crippen LogP contribution >= 0.6 is 0 Å². The molecule has 2 rings (SSSR count). The molecular formula is C13H20N2O. The summed E-state index contributed by atoms with van der Waals surface area (Å²) in [5.41, 5.74) is 7.86. The maximum absolute atomic E-state index is 5.87. The number of anilines is 1. The Kier molecular flexibility index (Phi) is 3.34. The van der Waals surface area contributed by atoms with Gasteiger partial charge in [0.2, 0.25) is 0 Å². The lowest BCUT2D eigenvalue weighted by molar-refractivity contribution is 0.217. The monoisotopic (exact) mass is 220 g/mol. The first-order chi connectivity index (χ1) is 7.66. The molecule has 16 heavy (non-hydrogen) atoms. The van der Waals surface area contributed by atoms with Gasteiger partial charge in [0.05, 0.1) is 12.3 Å². The highest BCUT2D eigenvalue weighted by Gasteiger charge is 2.21. The molecular weight excluding hydrogens is 200 g/mol. The summed E-state index contributed by atoms with van der Waals surface area (Å²) >= 11 is 0. The van der Waals surface area contributed by atoms with E-state index in [0.29, 0.717) is 12.0 Å². The van der Waals surface area contributed by atoms with Crippen molar-refractivity contribution < 1.29 is 4.74 Å². The van der Waals surface area contributed by atoms with Crippen LogP contribution in [0.25, 0.3) is 0 Å². The molecule has 3 nitrogen and oxygen atoms in total. The standard InChI is InChI=1S/C13H20N2O/c1-9(2)15-7-10-6-11-4-3-5-12(14)13(11)16-8-10/h3-5,9-10,15H,6-8,14H2,1-2H3. The summed E-state index contributed by atoms with van der Waals surface area (Å²) in [6.07, 6.45) is 1.06. The minimum atomic E-state index is 0.530. The number of benzene rings is 1. The average Bonchev–Trinajstić information content (AvgIpc) is 2.26. The van der Waals surface area contributed by atoms with Crippen LogP contribution in [-0.2, 0) is 6.42 Å². The summed E-state index contributed by atoms with van der Waals surface area (Å²) in [5.74, 6) is 1.44. The second-order valence-corrected chi connectivity index (χ2v) is 4.78. The molecule has 0 fully saturated rings. The Balaban J connectivity index is 2.01. The second-order valence-electron chi connectivity index (χ2n) is 4.78. The van der Waals surface area contributed by atoms with E-state index < -0.39 is 0 Å². The maximum atomic E-state index is 5.87. The summed E-state index contributed by atoms with van der Waals surface area (Å²) in [5, 5.41) is 3.45. The summed E-state index contributed by atoms with van der Waals surface area (Å²) in [4.78, 5) is 0. The van der Waals surface area contributed by atoms with Gasteiger partial charge in [0, 0.05) is 18.5 Å². The van der Waals surface area contributed by atoms with Gasteiger partial charge in [-0.05, 0) is 18.1 Å². The number of rotatable bonds is 3. The Labute approximate surface area is 97.0 Å². The molecule has 1 heterocycles. The van der Waals surface area contributed by atoms with Gasteiger partial charge in [0.1, 0.15) is 5.75 Å². The molecule has 0 saturated carbocycles. The number of ether oxygens (including phenoxy) is 1. The Morgan fingerprint density at radius 3 is 3.06 bits per heavy atom. The van der Waals surface area contributed by atoms with Crippen LogP contribution in [0, 0.1) is 5.92 Å². The van der Waals surface area contributed by atoms with Gasteiger partial charge in [0.15, 0.2) is 0 Å². The van der Waals surface area contributed by atoms with E-state index in [1.165, 1.54) is 5.56 Å². The first kappa shape index (κ1) is 11.3. The van der Waals surface area contributed by atoms with Crippen LogP contribution in [0.3, 0.4) is 0 Å². The van der Waals surface area contributed by atoms with Gasteiger partial charge in [-0.3, -0.25) is 0 Å². The quantitative estimate of drug-likeness (QED) is 0.764. The third-order valence-corrected chi connectivity index (χ3v) is 2.91. The third kappa shape index (κ3) is 2.47. The topological polar surface area (TPSA) is 47.3 Å². The van der Waals surface area contributed by atoms with Gasteiger partial charge < -0.3 is 15.8 Å². The lowest BCUT2D eigenvalue weighted by Crippen LogP contribution is -2.34. The summed E-state index contributed by atoms with van der Waals surface area (Å²) < 4.78 is 5.73. The molecule has 3 N–H and O–H groups in total. The normalized spacial score (nSPS) is 19.3. The van der Waals surface area contributed by atoms with E-state index in [4.69, 9.17) is 10.5 Å². The van der Waals surface area contributed by atoms with Crippen molar-refractivity contribution in [2.75, 3.05) is 18.9 Å². The van der Waals surface area contributed by atoms with Crippen molar-refractivity contribution in [3.05, 3.63) is 23.8 Å². The number of hydrogen-bond acceptors (Lipinski definition) is 3. The second kappa shape index (κ2) is 4.74. The van der Waals surface area contributed by atoms with Crippen molar-refractivity contribution >= 4 is 5.69 Å². The number of nitrogens with one attached hydrogen (secondary N) is 1. The Morgan fingerprint density at radius 1 is 1.50 bits per heavy atom. The molecule has 0 aromatic heterocycles. The van der Waals surface area contributed by atoms with Gasteiger partial charge in [-0.1, -0.05) is 26.0 Å². The molecule has 1 aliphatic rings. The van der Waals surface area contributed by atoms with Gasteiger partial charge >= 0.3 is 0 Å². The van der Waals surface area contributed by atoms with E-state index >= 15 is 0 Å². The largest absolute Gasteiger partial charge is 0.491 e. The third-order valence-electron chi connectivity index (χ3n) is 2.91. The summed E-state index contributed by atoms with van der Waals surface area (Å²) in [6, 6.07) is 6.52. The molecule has 0 radical (unpaired) electrons. The summed E-state index contributed by atoms with van der Waals surface area (Å²) in [7, 11) is 0. The maximum Gasteiger partial charge on any atom is 0.145 e. The van der Waals surface area contributed by atoms with Crippen LogP contribution < -0.4 is 15.8 Å². The Morgan fingerprint density at radius 2 is 2.31 bits per heavy atom. The van der Waals surface area contributed by atoms with Crippen LogP contribution in [0.2, 0.25) is 0 Å². The Hall–Kier alpha value is -1.22. The van der Waals surface area contributed by atoms with E-state index in [1.54, 1.807) is 0 Å². The molecule has 1 aromatic rings. The smallest absolute Gasteiger partial charge is 0.145 e. The molecule has 1 atom stereocenters. The van der Waals surface area contributed by atoms with E-state index in [9.17, 15) is 0 Å². The van der Waals surface area contributed by atoms with Crippen LogP contribution in [0.15, 0.2) is 18.2 Å². The zero-order valence-corrected chi connectivity index (χ0v) is 9.99. The van der Waals surface area contributed by atoms with E-state index in [-0.39, 0.29) is 0 Å². The van der Waals surface area contributed by atoms with Crippen LogP contribution in [0.5, 0.6) is 5.75 Å². The number of nitrogen functional groups attached to an aromatic ring is 1. The minimum absolute atomic E-state index is 0.530. The van der Waals surface area contributed by atoms with Crippen molar-refractivity contribution in [2.24, 2.45) is 5.92 Å². The SMILES string of the molecule is CC(C)NCC1COc2c(N)cccc2C1. The van der Waals surface area contributed by atoms with E-state index in [0.717, 1.165) is 31.0 Å². The fourth-order valence-corrected chi connectivity index (χ4v) is 2.05. The average molecular weight is 220 g/mol. The van der Waals surface area contributed by atoms with E-state index in [1.807, 2.05) is 12.1 Å². The molecule has 3 heteroatoms. The van der Waals surface area contributed by atoms with Crippen molar-refractivity contribution in [1.29, 1.82) is 0 Å².